The number of hydrogen-bond donors (Lipinski definition) is 1. The molecule has 0 spiro atoms. The molecule has 42 heavy (non-hydrogen) atoms. The molecule has 0 aromatic heterocycles. The van der Waals surface area contributed by atoms with E-state index in [0.717, 1.165) is 25.7 Å². The summed E-state index contributed by atoms with van der Waals surface area (Å²) in [6, 6.07) is 19.6. The Balaban J connectivity index is 2.03. The van der Waals surface area contributed by atoms with Crippen LogP contribution in [0.2, 0.25) is 0 Å². The van der Waals surface area contributed by atoms with E-state index < -0.39 is 28.5 Å². The van der Waals surface area contributed by atoms with Gasteiger partial charge in [0.25, 0.3) is 10.0 Å². The van der Waals surface area contributed by atoms with Gasteiger partial charge in [0.15, 0.2) is 0 Å². The molecule has 11 heteroatoms. The van der Waals surface area contributed by atoms with Crippen molar-refractivity contribution < 1.29 is 22.7 Å². The zero-order valence-corrected chi connectivity index (χ0v) is 27.8. The molecule has 0 radical (unpaired) electrons. The molecule has 2 amide bonds. The first kappa shape index (κ1) is 33.5. The van der Waals surface area contributed by atoms with E-state index in [2.05, 4.69) is 21.2 Å². The van der Waals surface area contributed by atoms with Gasteiger partial charge in [0.2, 0.25) is 11.8 Å². The first-order chi connectivity index (χ1) is 20.0. The highest BCUT2D eigenvalue weighted by atomic mass is 79.9. The average Bonchev–Trinajstić information content (AvgIpc) is 2.98. The Morgan fingerprint density at radius 3 is 2.24 bits per heavy atom. The second-order valence-corrected chi connectivity index (χ2v) is 13.4. The van der Waals surface area contributed by atoms with Crippen LogP contribution in [0, 0.1) is 0 Å². The van der Waals surface area contributed by atoms with E-state index in [4.69, 9.17) is 4.74 Å². The van der Waals surface area contributed by atoms with Crippen molar-refractivity contribution in [1.82, 2.24) is 10.2 Å². The van der Waals surface area contributed by atoms with Crippen molar-refractivity contribution in [2.75, 3.05) is 23.7 Å². The summed E-state index contributed by atoms with van der Waals surface area (Å²) in [5.41, 5.74) is 1.10. The average molecular weight is 677 g/mol. The van der Waals surface area contributed by atoms with Crippen LogP contribution in [0.1, 0.15) is 39.7 Å². The van der Waals surface area contributed by atoms with E-state index in [9.17, 15) is 18.0 Å². The maximum absolute atomic E-state index is 14.1. The van der Waals surface area contributed by atoms with Crippen molar-refractivity contribution in [3.63, 3.8) is 0 Å². The van der Waals surface area contributed by atoms with Gasteiger partial charge in [-0.1, -0.05) is 35.0 Å². The Kier molecular flexibility index (Phi) is 12.3. The maximum Gasteiger partial charge on any atom is 0.264 e. The Morgan fingerprint density at radius 2 is 1.67 bits per heavy atom. The Bertz CT molecular complexity index is 1450. The number of benzene rings is 3. The van der Waals surface area contributed by atoms with Crippen LogP contribution in [0.4, 0.5) is 5.69 Å². The highest BCUT2D eigenvalue weighted by molar-refractivity contribution is 9.10. The van der Waals surface area contributed by atoms with Gasteiger partial charge in [0.1, 0.15) is 18.3 Å². The summed E-state index contributed by atoms with van der Waals surface area (Å²) in [7, 11) is -4.15. The van der Waals surface area contributed by atoms with Crippen LogP contribution in [0.3, 0.4) is 0 Å². The van der Waals surface area contributed by atoms with E-state index in [1.807, 2.05) is 51.3 Å². The maximum atomic E-state index is 14.1. The highest BCUT2D eigenvalue weighted by Gasteiger charge is 2.33. The van der Waals surface area contributed by atoms with Gasteiger partial charge < -0.3 is 15.0 Å². The minimum atomic E-state index is -4.15. The number of hydrogen-bond acceptors (Lipinski definition) is 6. The lowest BCUT2D eigenvalue weighted by molar-refractivity contribution is -0.139. The molecular weight excluding hydrogens is 638 g/mol. The number of amides is 2. The Morgan fingerprint density at radius 1 is 1.00 bits per heavy atom. The van der Waals surface area contributed by atoms with Gasteiger partial charge in [-0.2, -0.15) is 0 Å². The standard InChI is InChI=1S/C31H38BrN3O5S2/c1-6-22(3)33-31(37)23(4)34(20-24-9-8-10-25(32)19-24)30(36)21-35(26-11-13-27(14-12-26)40-7-2)42(38,39)29-17-15-28(41-5)16-18-29/h8-19,22-23H,6-7,20-21H2,1-5H3,(H,33,37)/t22-,23+/m1/s1. The van der Waals surface area contributed by atoms with E-state index in [1.54, 1.807) is 43.3 Å². The van der Waals surface area contributed by atoms with Crippen LogP contribution in [0.15, 0.2) is 87.1 Å². The smallest absolute Gasteiger partial charge is 0.264 e. The van der Waals surface area contributed by atoms with Crippen LogP contribution in [0.25, 0.3) is 0 Å². The first-order valence-electron chi connectivity index (χ1n) is 13.7. The van der Waals surface area contributed by atoms with E-state index >= 15 is 0 Å². The van der Waals surface area contributed by atoms with Gasteiger partial charge in [-0.3, -0.25) is 13.9 Å². The number of anilines is 1. The first-order valence-corrected chi connectivity index (χ1v) is 17.2. The molecule has 2 atom stereocenters. The fourth-order valence-corrected chi connectivity index (χ4v) is 6.43. The second-order valence-electron chi connectivity index (χ2n) is 9.76. The number of nitrogens with zero attached hydrogens (tertiary/aromatic N) is 2. The number of rotatable bonds is 14. The summed E-state index contributed by atoms with van der Waals surface area (Å²) in [6.07, 6.45) is 2.64. The lowest BCUT2D eigenvalue weighted by Gasteiger charge is -2.32. The lowest BCUT2D eigenvalue weighted by atomic mass is 10.1. The van der Waals surface area contributed by atoms with Crippen molar-refractivity contribution in [2.24, 2.45) is 0 Å². The van der Waals surface area contributed by atoms with E-state index in [1.165, 1.54) is 28.8 Å². The summed E-state index contributed by atoms with van der Waals surface area (Å²) in [5, 5.41) is 2.94. The molecule has 0 bridgehead atoms. The number of sulfonamides is 1. The molecule has 0 fully saturated rings. The number of halogens is 1. The molecule has 3 aromatic carbocycles. The number of nitrogens with one attached hydrogen (secondary N) is 1. The summed E-state index contributed by atoms with van der Waals surface area (Å²) in [5.74, 6) is -0.239. The Hall–Kier alpha value is -3.02. The fraction of sp³-hybridized carbons (Fsp3) is 0.355. The SMILES string of the molecule is CCOc1ccc(N(CC(=O)N(Cc2cccc(Br)c2)[C@@H](C)C(=O)N[C@H](C)CC)S(=O)(=O)c2ccc(SC)cc2)cc1. The number of ether oxygens (including phenoxy) is 1. The Labute approximate surface area is 262 Å². The van der Waals surface area contributed by atoms with Gasteiger partial charge in [-0.25, -0.2) is 8.42 Å². The lowest BCUT2D eigenvalue weighted by Crippen LogP contribution is -2.52. The van der Waals surface area contributed by atoms with Crippen LogP contribution >= 0.6 is 27.7 Å². The van der Waals surface area contributed by atoms with Crippen molar-refractivity contribution >= 4 is 55.2 Å². The normalized spacial score (nSPS) is 12.7. The molecular formula is C31H38BrN3O5S2. The summed E-state index contributed by atoms with van der Waals surface area (Å²) < 4.78 is 35.5. The topological polar surface area (TPSA) is 96.0 Å². The number of carbonyl (C=O) groups is 2. The molecule has 0 aliphatic heterocycles. The molecule has 3 rings (SSSR count). The molecule has 0 saturated carbocycles. The molecule has 0 saturated heterocycles. The molecule has 0 heterocycles. The quantitative estimate of drug-likeness (QED) is 0.208. The molecule has 1 N–H and O–H groups in total. The predicted molar refractivity (Wildman–Crippen MR) is 172 cm³/mol. The predicted octanol–water partition coefficient (Wildman–Crippen LogP) is 6.10. The summed E-state index contributed by atoms with van der Waals surface area (Å²) in [6.45, 7) is 7.45. The van der Waals surface area contributed by atoms with Crippen molar-refractivity contribution in [3.05, 3.63) is 82.8 Å². The number of thioether (sulfide) groups is 1. The van der Waals surface area contributed by atoms with E-state index in [-0.39, 0.29) is 23.4 Å². The molecule has 226 valence electrons. The van der Waals surface area contributed by atoms with Crippen molar-refractivity contribution in [2.45, 2.75) is 62.5 Å². The third-order valence-corrected chi connectivity index (χ3v) is 9.80. The molecule has 3 aromatic rings. The minimum absolute atomic E-state index is 0.0584. The van der Waals surface area contributed by atoms with Crippen LogP contribution in [0.5, 0.6) is 5.75 Å². The molecule has 0 unspecified atom stereocenters. The molecule has 0 aliphatic carbocycles. The van der Waals surface area contributed by atoms with Crippen LogP contribution in [-0.4, -0.2) is 56.6 Å². The number of carbonyl (C=O) groups excluding carboxylic acids is 2. The minimum Gasteiger partial charge on any atom is -0.494 e. The third kappa shape index (κ3) is 8.75. The summed E-state index contributed by atoms with van der Waals surface area (Å²) in [4.78, 5) is 29.7. The largest absolute Gasteiger partial charge is 0.494 e. The monoisotopic (exact) mass is 675 g/mol. The zero-order valence-electron chi connectivity index (χ0n) is 24.5. The van der Waals surface area contributed by atoms with Crippen molar-refractivity contribution in [3.8, 4) is 5.75 Å². The van der Waals surface area contributed by atoms with Gasteiger partial charge >= 0.3 is 0 Å². The second kappa shape index (κ2) is 15.5. The highest BCUT2D eigenvalue weighted by Crippen LogP contribution is 2.28. The van der Waals surface area contributed by atoms with Crippen LogP contribution < -0.4 is 14.4 Å². The van der Waals surface area contributed by atoms with E-state index in [0.29, 0.717) is 18.0 Å². The third-order valence-electron chi connectivity index (χ3n) is 6.77. The van der Waals surface area contributed by atoms with Gasteiger partial charge in [0, 0.05) is 22.0 Å². The van der Waals surface area contributed by atoms with Gasteiger partial charge in [0.05, 0.1) is 17.2 Å². The van der Waals surface area contributed by atoms with Gasteiger partial charge in [-0.15, -0.1) is 11.8 Å². The van der Waals surface area contributed by atoms with Crippen molar-refractivity contribution in [1.29, 1.82) is 0 Å². The fourth-order valence-electron chi connectivity index (χ4n) is 4.16. The molecule has 8 nitrogen and oxygen atoms in total. The molecule has 0 aliphatic rings. The van der Waals surface area contributed by atoms with Gasteiger partial charge in [-0.05, 0) is 99.7 Å². The van der Waals surface area contributed by atoms with Crippen LogP contribution in [-0.2, 0) is 26.2 Å². The summed E-state index contributed by atoms with van der Waals surface area (Å²) >= 11 is 4.97. The zero-order chi connectivity index (χ0) is 30.9.